The first-order chi connectivity index (χ1) is 10.9. The summed E-state index contributed by atoms with van der Waals surface area (Å²) in [4.78, 5) is 0. The van der Waals surface area contributed by atoms with Crippen LogP contribution in [0, 0.1) is 38.8 Å². The summed E-state index contributed by atoms with van der Waals surface area (Å²) in [6.07, 6.45) is 32.3. The van der Waals surface area contributed by atoms with Crippen LogP contribution in [-0.2, 0) is 26.2 Å². The van der Waals surface area contributed by atoms with Gasteiger partial charge < -0.3 is 14.9 Å². The Kier molecular flexibility index (Phi) is 13.9. The van der Waals surface area contributed by atoms with Gasteiger partial charge in [0.2, 0.25) is 0 Å². The van der Waals surface area contributed by atoms with Gasteiger partial charge >= 0.3 is 26.2 Å². The van der Waals surface area contributed by atoms with Crippen LogP contribution in [0.3, 0.4) is 0 Å². The summed E-state index contributed by atoms with van der Waals surface area (Å²) in [7, 11) is 0. The summed E-state index contributed by atoms with van der Waals surface area (Å²) in [6, 6.07) is 0. The van der Waals surface area contributed by atoms with Gasteiger partial charge in [-0.05, 0) is 37.5 Å². The van der Waals surface area contributed by atoms with Gasteiger partial charge in [0, 0.05) is 0 Å². The molecule has 4 aliphatic carbocycles. The zero-order chi connectivity index (χ0) is 15.0. The molecule has 2 saturated carbocycles. The Labute approximate surface area is 177 Å². The van der Waals surface area contributed by atoms with Crippen LogP contribution < -0.4 is 0 Å². The van der Waals surface area contributed by atoms with Gasteiger partial charge in [0.1, 0.15) is 0 Å². The summed E-state index contributed by atoms with van der Waals surface area (Å²) in [6.45, 7) is 0. The Balaban J connectivity index is 0.000000411. The third-order valence-electron chi connectivity index (χ3n) is 5.53. The normalized spacial score (nSPS) is 22.6. The van der Waals surface area contributed by atoms with Crippen molar-refractivity contribution in [3.05, 3.63) is 62.5 Å². The third-order valence-corrected chi connectivity index (χ3v) is 5.53. The Hall–Kier alpha value is -0.157. The number of hydrogen-bond acceptors (Lipinski definition) is 0. The van der Waals surface area contributed by atoms with Crippen LogP contribution in [0.2, 0.25) is 0 Å². The monoisotopic (exact) mass is 414 g/mol. The minimum atomic E-state index is 0. The van der Waals surface area contributed by atoms with Crippen molar-refractivity contribution in [1.82, 2.24) is 0 Å². The maximum atomic E-state index is 3.43. The topological polar surface area (TPSA) is 0 Å². The SMILES string of the molecule is [C-]1=C(C2CCCCC2)C=CC1.[C-]1=C(C2CCCCC2)C=CC1.[CH3-].[CH3-].[Zr+4]. The van der Waals surface area contributed by atoms with Crippen LogP contribution in [0.4, 0.5) is 0 Å². The van der Waals surface area contributed by atoms with E-state index in [-0.39, 0.29) is 41.1 Å². The first-order valence-electron chi connectivity index (χ1n) is 9.48. The van der Waals surface area contributed by atoms with E-state index in [9.17, 15) is 0 Å². The quantitative estimate of drug-likeness (QED) is 0.412. The molecule has 0 atom stereocenters. The van der Waals surface area contributed by atoms with Gasteiger partial charge in [-0.1, -0.05) is 38.5 Å². The predicted molar refractivity (Wildman–Crippen MR) is 107 cm³/mol. The fourth-order valence-electron chi connectivity index (χ4n) is 4.23. The van der Waals surface area contributed by atoms with E-state index in [1.165, 1.54) is 75.4 Å². The Bertz CT molecular complexity index is 410. The zero-order valence-electron chi connectivity index (χ0n) is 16.4. The average Bonchev–Trinajstić information content (AvgIpc) is 3.31. The Morgan fingerprint density at radius 1 is 0.600 bits per heavy atom. The van der Waals surface area contributed by atoms with Crippen LogP contribution in [0.25, 0.3) is 0 Å². The molecule has 0 N–H and O–H groups in total. The smallest absolute Gasteiger partial charge is 0.358 e. The second kappa shape index (κ2) is 14.0. The molecule has 25 heavy (non-hydrogen) atoms. The van der Waals surface area contributed by atoms with Crippen molar-refractivity contribution in [1.29, 1.82) is 0 Å². The van der Waals surface area contributed by atoms with Gasteiger partial charge in [0.15, 0.2) is 0 Å². The molecule has 0 heterocycles. The van der Waals surface area contributed by atoms with E-state index in [4.69, 9.17) is 0 Å². The van der Waals surface area contributed by atoms with Crippen molar-refractivity contribution in [2.45, 2.75) is 77.0 Å². The fourth-order valence-corrected chi connectivity index (χ4v) is 4.23. The van der Waals surface area contributed by atoms with Crippen molar-refractivity contribution in [2.24, 2.45) is 11.8 Å². The first-order valence-corrected chi connectivity index (χ1v) is 9.48. The van der Waals surface area contributed by atoms with Gasteiger partial charge in [-0.15, -0.1) is 12.8 Å². The van der Waals surface area contributed by atoms with E-state index in [0.29, 0.717) is 0 Å². The fraction of sp³-hybridized carbons (Fsp3) is 0.583. The van der Waals surface area contributed by atoms with Crippen LogP contribution in [0.5, 0.6) is 0 Å². The van der Waals surface area contributed by atoms with Crippen molar-refractivity contribution in [2.75, 3.05) is 0 Å². The summed E-state index contributed by atoms with van der Waals surface area (Å²) in [5.41, 5.74) is 3.01. The van der Waals surface area contributed by atoms with Crippen molar-refractivity contribution < 1.29 is 26.2 Å². The van der Waals surface area contributed by atoms with E-state index in [1.54, 1.807) is 0 Å². The number of rotatable bonds is 2. The molecule has 0 spiro atoms. The molecule has 4 aliphatic rings. The number of hydrogen-bond donors (Lipinski definition) is 0. The molecule has 136 valence electrons. The first kappa shape index (κ1) is 24.8. The van der Waals surface area contributed by atoms with Crippen molar-refractivity contribution in [3.8, 4) is 0 Å². The van der Waals surface area contributed by atoms with Crippen LogP contribution in [0.15, 0.2) is 35.5 Å². The Morgan fingerprint density at radius 2 is 0.960 bits per heavy atom. The van der Waals surface area contributed by atoms with Crippen molar-refractivity contribution >= 4 is 0 Å². The minimum absolute atomic E-state index is 0. The molecule has 1 heteroatoms. The standard InChI is InChI=1S/2C11H15.2CH3.Zr/c2*1-2-6-10(7-3-1)11-8-4-5-9-11;;;/h2*4,8,10H,1-3,5-7H2;2*1H3;/q4*-1;+4. The molecular formula is C24H36Zr. The summed E-state index contributed by atoms with van der Waals surface area (Å²) >= 11 is 0. The average molecular weight is 416 g/mol. The van der Waals surface area contributed by atoms with E-state index >= 15 is 0 Å². The molecule has 0 saturated heterocycles. The van der Waals surface area contributed by atoms with E-state index in [0.717, 1.165) is 24.7 Å². The van der Waals surface area contributed by atoms with Crippen LogP contribution in [0.1, 0.15) is 77.0 Å². The zero-order valence-corrected chi connectivity index (χ0v) is 18.9. The van der Waals surface area contributed by atoms with Gasteiger partial charge in [-0.3, -0.25) is 12.2 Å². The van der Waals surface area contributed by atoms with E-state index in [2.05, 4.69) is 36.5 Å². The second-order valence-electron chi connectivity index (χ2n) is 7.15. The molecular weight excluding hydrogens is 379 g/mol. The summed E-state index contributed by atoms with van der Waals surface area (Å²) in [5, 5.41) is 0. The van der Waals surface area contributed by atoms with Gasteiger partial charge in [-0.2, -0.15) is 12.2 Å². The molecule has 0 bridgehead atoms. The molecule has 0 unspecified atom stereocenters. The largest absolute Gasteiger partial charge is 4.00 e. The van der Waals surface area contributed by atoms with Crippen LogP contribution >= 0.6 is 0 Å². The number of allylic oxidation sites excluding steroid dienone is 8. The molecule has 0 aromatic rings. The van der Waals surface area contributed by atoms with Gasteiger partial charge in [0.25, 0.3) is 0 Å². The molecule has 0 aromatic heterocycles. The summed E-state index contributed by atoms with van der Waals surface area (Å²) in [5.74, 6) is 1.73. The second-order valence-corrected chi connectivity index (χ2v) is 7.15. The van der Waals surface area contributed by atoms with Gasteiger partial charge in [-0.25, -0.2) is 23.3 Å². The molecule has 0 aromatic carbocycles. The van der Waals surface area contributed by atoms with Crippen molar-refractivity contribution in [3.63, 3.8) is 0 Å². The summed E-state index contributed by atoms with van der Waals surface area (Å²) < 4.78 is 0. The molecule has 0 aliphatic heterocycles. The third kappa shape index (κ3) is 7.94. The maximum Gasteiger partial charge on any atom is 4.00 e. The Morgan fingerprint density at radius 3 is 1.24 bits per heavy atom. The van der Waals surface area contributed by atoms with E-state index < -0.39 is 0 Å². The molecule has 0 radical (unpaired) electrons. The van der Waals surface area contributed by atoms with Crippen LogP contribution in [-0.4, -0.2) is 0 Å². The van der Waals surface area contributed by atoms with E-state index in [1.807, 2.05) is 0 Å². The molecule has 0 amide bonds. The predicted octanol–water partition coefficient (Wildman–Crippen LogP) is 7.41. The molecule has 0 nitrogen and oxygen atoms in total. The minimum Gasteiger partial charge on any atom is -0.358 e. The molecule has 2 fully saturated rings. The van der Waals surface area contributed by atoms with Gasteiger partial charge in [0.05, 0.1) is 0 Å². The molecule has 4 rings (SSSR count). The maximum absolute atomic E-state index is 3.43.